The lowest BCUT2D eigenvalue weighted by atomic mass is 9.94. The fourth-order valence-corrected chi connectivity index (χ4v) is 5.96. The van der Waals surface area contributed by atoms with Crippen molar-refractivity contribution in [3.05, 3.63) is 40.2 Å². The van der Waals surface area contributed by atoms with E-state index in [1.807, 2.05) is 22.7 Å². The van der Waals surface area contributed by atoms with Gasteiger partial charge in [0.25, 0.3) is 0 Å². The predicted octanol–water partition coefficient (Wildman–Crippen LogP) is 5.34. The molecule has 1 nitrogen and oxygen atoms in total. The van der Waals surface area contributed by atoms with Crippen LogP contribution in [-0.4, -0.2) is 0 Å². The lowest BCUT2D eigenvalue weighted by Crippen LogP contribution is -2.23. The van der Waals surface area contributed by atoms with Gasteiger partial charge in [0.2, 0.25) is 0 Å². The van der Waals surface area contributed by atoms with Crippen molar-refractivity contribution in [3.63, 3.8) is 0 Å². The standard InChI is InChI=1S/C13H13BrINS2/c14-12-5-4-8(17-12)7-16-10-2-1-3-11-9(10)6-13(15)18-11/h4-6,10,16H,1-3,7H2. The summed E-state index contributed by atoms with van der Waals surface area (Å²) in [6, 6.07) is 7.24. The average Bonchev–Trinajstić information content (AvgIpc) is 2.91. The molecule has 5 heteroatoms. The summed E-state index contributed by atoms with van der Waals surface area (Å²) in [6.45, 7) is 0.979. The molecule has 96 valence electrons. The van der Waals surface area contributed by atoms with Crippen LogP contribution in [0.15, 0.2) is 22.0 Å². The molecule has 0 saturated carbocycles. The Kier molecular flexibility index (Phi) is 4.45. The predicted molar refractivity (Wildman–Crippen MR) is 91.6 cm³/mol. The Morgan fingerprint density at radius 2 is 2.28 bits per heavy atom. The quantitative estimate of drug-likeness (QED) is 0.618. The lowest BCUT2D eigenvalue weighted by molar-refractivity contribution is 0.465. The van der Waals surface area contributed by atoms with E-state index in [2.05, 4.69) is 62.0 Å². The Balaban J connectivity index is 1.70. The highest BCUT2D eigenvalue weighted by Gasteiger charge is 2.22. The Labute approximate surface area is 137 Å². The third kappa shape index (κ3) is 3.00. The molecule has 0 saturated heterocycles. The Bertz CT molecular complexity index is 549. The van der Waals surface area contributed by atoms with E-state index in [0.29, 0.717) is 6.04 Å². The monoisotopic (exact) mass is 453 g/mol. The van der Waals surface area contributed by atoms with Crippen molar-refractivity contribution in [1.29, 1.82) is 0 Å². The van der Waals surface area contributed by atoms with E-state index in [-0.39, 0.29) is 0 Å². The highest BCUT2D eigenvalue weighted by molar-refractivity contribution is 14.1. The third-order valence-corrected chi connectivity index (χ3v) is 6.83. The number of halogens is 2. The summed E-state index contributed by atoms with van der Waals surface area (Å²) in [5.41, 5.74) is 1.55. The molecule has 1 N–H and O–H groups in total. The number of thiophene rings is 2. The fourth-order valence-electron chi connectivity index (χ4n) is 2.40. The summed E-state index contributed by atoms with van der Waals surface area (Å²) in [5, 5.41) is 3.71. The van der Waals surface area contributed by atoms with Crippen molar-refractivity contribution in [2.75, 3.05) is 0 Å². The van der Waals surface area contributed by atoms with Crippen LogP contribution in [0.5, 0.6) is 0 Å². The van der Waals surface area contributed by atoms with Gasteiger partial charge in [-0.1, -0.05) is 0 Å². The van der Waals surface area contributed by atoms with Gasteiger partial charge in [-0.2, -0.15) is 0 Å². The van der Waals surface area contributed by atoms with Crippen molar-refractivity contribution < 1.29 is 0 Å². The number of fused-ring (bicyclic) bond motifs is 1. The molecule has 18 heavy (non-hydrogen) atoms. The van der Waals surface area contributed by atoms with Crippen LogP contribution in [0.25, 0.3) is 0 Å². The molecular formula is C13H13BrINS2. The zero-order valence-corrected chi connectivity index (χ0v) is 15.1. The first kappa shape index (κ1) is 13.5. The molecular weight excluding hydrogens is 441 g/mol. The summed E-state index contributed by atoms with van der Waals surface area (Å²) in [5.74, 6) is 0. The van der Waals surface area contributed by atoms with E-state index in [0.717, 1.165) is 6.54 Å². The van der Waals surface area contributed by atoms with Gasteiger partial charge in [-0.3, -0.25) is 0 Å². The summed E-state index contributed by atoms with van der Waals surface area (Å²) >= 11 is 9.74. The zero-order valence-electron chi connectivity index (χ0n) is 9.71. The second-order valence-electron chi connectivity index (χ2n) is 4.46. The molecule has 0 radical (unpaired) electrons. The average molecular weight is 454 g/mol. The summed E-state index contributed by atoms with van der Waals surface area (Å²) in [6.07, 6.45) is 3.85. The largest absolute Gasteiger partial charge is 0.305 e. The van der Waals surface area contributed by atoms with Crippen molar-refractivity contribution in [3.8, 4) is 0 Å². The van der Waals surface area contributed by atoms with Gasteiger partial charge in [0, 0.05) is 22.3 Å². The number of nitrogens with one attached hydrogen (secondary N) is 1. The highest BCUT2D eigenvalue weighted by atomic mass is 127. The molecule has 2 aromatic rings. The first-order chi connectivity index (χ1) is 8.72. The molecule has 1 unspecified atom stereocenters. The minimum absolute atomic E-state index is 0.550. The molecule has 1 aliphatic rings. The topological polar surface area (TPSA) is 12.0 Å². The molecule has 0 bridgehead atoms. The van der Waals surface area contributed by atoms with E-state index in [1.165, 1.54) is 30.8 Å². The van der Waals surface area contributed by atoms with Crippen LogP contribution in [0, 0.1) is 2.88 Å². The summed E-state index contributed by atoms with van der Waals surface area (Å²) < 4.78 is 2.64. The fraction of sp³-hybridized carbons (Fsp3) is 0.385. The van der Waals surface area contributed by atoms with E-state index < -0.39 is 0 Å². The van der Waals surface area contributed by atoms with Crippen molar-refractivity contribution in [1.82, 2.24) is 5.32 Å². The van der Waals surface area contributed by atoms with Gasteiger partial charge in [-0.25, -0.2) is 0 Å². The van der Waals surface area contributed by atoms with E-state index >= 15 is 0 Å². The van der Waals surface area contributed by atoms with Crippen molar-refractivity contribution >= 4 is 61.2 Å². The molecule has 0 aliphatic heterocycles. The molecule has 2 aromatic heterocycles. The Morgan fingerprint density at radius 3 is 3.06 bits per heavy atom. The molecule has 2 heterocycles. The minimum atomic E-state index is 0.550. The SMILES string of the molecule is Brc1ccc(CNC2CCCc3sc(I)cc32)s1. The smallest absolute Gasteiger partial charge is 0.0701 e. The molecule has 0 amide bonds. The van der Waals surface area contributed by atoms with E-state index in [1.54, 1.807) is 10.4 Å². The van der Waals surface area contributed by atoms with Gasteiger partial charge in [0.15, 0.2) is 0 Å². The van der Waals surface area contributed by atoms with Crippen LogP contribution in [-0.2, 0) is 13.0 Å². The second-order valence-corrected chi connectivity index (χ2v) is 10.0. The number of hydrogen-bond acceptors (Lipinski definition) is 3. The molecule has 0 fully saturated rings. The Morgan fingerprint density at radius 1 is 1.39 bits per heavy atom. The van der Waals surface area contributed by atoms with Crippen LogP contribution in [0.2, 0.25) is 0 Å². The van der Waals surface area contributed by atoms with Crippen molar-refractivity contribution in [2.24, 2.45) is 0 Å². The first-order valence-corrected chi connectivity index (χ1v) is 9.48. The minimum Gasteiger partial charge on any atom is -0.305 e. The molecule has 3 rings (SSSR count). The van der Waals surface area contributed by atoms with Crippen LogP contribution in [0.1, 0.15) is 34.2 Å². The normalized spacial score (nSPS) is 18.9. The highest BCUT2D eigenvalue weighted by Crippen LogP contribution is 2.36. The summed E-state index contributed by atoms with van der Waals surface area (Å²) in [4.78, 5) is 2.99. The zero-order chi connectivity index (χ0) is 12.5. The Hall–Kier alpha value is 0.570. The van der Waals surface area contributed by atoms with E-state index in [9.17, 15) is 0 Å². The molecule has 0 spiro atoms. The van der Waals surface area contributed by atoms with Gasteiger partial charge >= 0.3 is 0 Å². The van der Waals surface area contributed by atoms with Gasteiger partial charge in [0.1, 0.15) is 0 Å². The third-order valence-electron chi connectivity index (χ3n) is 3.24. The molecule has 1 aliphatic carbocycles. The van der Waals surface area contributed by atoms with Crippen LogP contribution >= 0.6 is 61.2 Å². The van der Waals surface area contributed by atoms with Crippen LogP contribution < -0.4 is 5.32 Å². The number of rotatable bonds is 3. The van der Waals surface area contributed by atoms with Gasteiger partial charge < -0.3 is 5.32 Å². The van der Waals surface area contributed by atoms with Gasteiger partial charge in [0.05, 0.1) is 6.67 Å². The van der Waals surface area contributed by atoms with Gasteiger partial charge in [-0.05, 0) is 81.5 Å². The number of aryl methyl sites for hydroxylation is 1. The van der Waals surface area contributed by atoms with Gasteiger partial charge in [-0.15, -0.1) is 22.7 Å². The lowest BCUT2D eigenvalue weighted by Gasteiger charge is -2.23. The second kappa shape index (κ2) is 5.91. The summed E-state index contributed by atoms with van der Waals surface area (Å²) in [7, 11) is 0. The number of hydrogen-bond donors (Lipinski definition) is 1. The van der Waals surface area contributed by atoms with Crippen LogP contribution in [0.4, 0.5) is 0 Å². The molecule has 0 aromatic carbocycles. The maximum absolute atomic E-state index is 3.71. The maximum Gasteiger partial charge on any atom is 0.0701 e. The van der Waals surface area contributed by atoms with E-state index in [4.69, 9.17) is 0 Å². The van der Waals surface area contributed by atoms with Crippen molar-refractivity contribution in [2.45, 2.75) is 31.8 Å². The van der Waals surface area contributed by atoms with Crippen LogP contribution in [0.3, 0.4) is 0 Å². The maximum atomic E-state index is 3.71. The molecule has 1 atom stereocenters. The first-order valence-electron chi connectivity index (χ1n) is 5.98.